The number of amides is 2. The van der Waals surface area contributed by atoms with Crippen LogP contribution in [0.2, 0.25) is 0 Å². The normalized spacial score (nSPS) is 12.6. The molecular formula is C28H43N3O4. The topological polar surface area (TPSA) is 103 Å². The largest absolute Gasteiger partial charge is 0.493 e. The lowest BCUT2D eigenvalue weighted by atomic mass is 9.96. The molecule has 1 unspecified atom stereocenters. The Morgan fingerprint density at radius 1 is 1.17 bits per heavy atom. The van der Waals surface area contributed by atoms with Crippen molar-refractivity contribution in [3.63, 3.8) is 0 Å². The fourth-order valence-corrected chi connectivity index (χ4v) is 3.47. The maximum absolute atomic E-state index is 11.7. The summed E-state index contributed by atoms with van der Waals surface area (Å²) in [6.45, 7) is 16.5. The lowest BCUT2D eigenvalue weighted by Gasteiger charge is -2.20. The van der Waals surface area contributed by atoms with Crippen LogP contribution in [0.4, 0.5) is 5.69 Å². The highest BCUT2D eigenvalue weighted by Crippen LogP contribution is 2.31. The van der Waals surface area contributed by atoms with Crippen LogP contribution < -0.4 is 25.8 Å². The summed E-state index contributed by atoms with van der Waals surface area (Å²) in [5.74, 6) is 1.21. The Hall–Kier alpha value is -3.22. The van der Waals surface area contributed by atoms with Gasteiger partial charge in [0.1, 0.15) is 0 Å². The highest BCUT2D eigenvalue weighted by atomic mass is 16.5. The zero-order valence-electron chi connectivity index (χ0n) is 22.6. The predicted molar refractivity (Wildman–Crippen MR) is 143 cm³/mol. The SMILES string of the molecule is CC.CC(C)(C)CNc1cccc2c1C(=O)NC2.CCOc1cc(C(C)CC(N)=O)ccc1OC. The Labute approximate surface area is 210 Å². The number of ether oxygens (including phenoxy) is 2. The Kier molecular flexibility index (Phi) is 12.1. The van der Waals surface area contributed by atoms with Gasteiger partial charge < -0.3 is 25.8 Å². The minimum atomic E-state index is -0.300. The molecule has 0 bridgehead atoms. The molecule has 7 nitrogen and oxygen atoms in total. The number of nitrogens with two attached hydrogens (primary N) is 1. The van der Waals surface area contributed by atoms with Crippen LogP contribution in [0.15, 0.2) is 36.4 Å². The Morgan fingerprint density at radius 3 is 2.43 bits per heavy atom. The standard InChI is InChI=1S/C13H18N2O.C13H19NO3.C2H6/c1-13(2,3)8-15-10-6-4-5-9-7-14-12(16)11(9)10;1-4-17-12-8-10(5-6-11(12)16-3)9(2)7-13(14)15;1-2/h4-6,15H,7-8H2,1-3H3,(H,14,16);5-6,8-9H,4,7H2,1-3H3,(H2,14,15);1-2H3. The van der Waals surface area contributed by atoms with E-state index in [1.54, 1.807) is 7.11 Å². The molecule has 1 heterocycles. The minimum Gasteiger partial charge on any atom is -0.493 e. The van der Waals surface area contributed by atoms with Crippen LogP contribution in [0.1, 0.15) is 82.3 Å². The average molecular weight is 486 g/mol. The number of primary amides is 1. The first kappa shape index (κ1) is 29.8. The van der Waals surface area contributed by atoms with Crippen LogP contribution in [0, 0.1) is 5.41 Å². The molecule has 1 aliphatic heterocycles. The van der Waals surface area contributed by atoms with E-state index in [4.69, 9.17) is 15.2 Å². The lowest BCUT2D eigenvalue weighted by Crippen LogP contribution is -2.21. The molecule has 0 radical (unpaired) electrons. The Bertz CT molecular complexity index is 967. The van der Waals surface area contributed by atoms with Crippen molar-refractivity contribution >= 4 is 17.5 Å². The van der Waals surface area contributed by atoms with Crippen LogP contribution in [0.25, 0.3) is 0 Å². The number of carbonyl (C=O) groups is 2. The van der Waals surface area contributed by atoms with Crippen LogP contribution in [-0.2, 0) is 11.3 Å². The van der Waals surface area contributed by atoms with E-state index in [1.807, 2.05) is 64.1 Å². The van der Waals surface area contributed by atoms with E-state index in [9.17, 15) is 9.59 Å². The number of hydrogen-bond donors (Lipinski definition) is 3. The third kappa shape index (κ3) is 9.51. The van der Waals surface area contributed by atoms with E-state index in [0.717, 1.165) is 28.9 Å². The molecule has 0 saturated carbocycles. The molecule has 0 aliphatic carbocycles. The maximum Gasteiger partial charge on any atom is 0.253 e. The third-order valence-corrected chi connectivity index (χ3v) is 5.19. The van der Waals surface area contributed by atoms with Crippen LogP contribution in [-0.4, -0.2) is 32.1 Å². The summed E-state index contributed by atoms with van der Waals surface area (Å²) in [5.41, 5.74) is 9.26. The van der Waals surface area contributed by atoms with Crippen molar-refractivity contribution < 1.29 is 19.1 Å². The van der Waals surface area contributed by atoms with Crippen molar-refractivity contribution in [3.05, 3.63) is 53.1 Å². The lowest BCUT2D eigenvalue weighted by molar-refractivity contribution is -0.118. The summed E-state index contributed by atoms with van der Waals surface area (Å²) >= 11 is 0. The van der Waals surface area contributed by atoms with E-state index in [0.29, 0.717) is 31.1 Å². The van der Waals surface area contributed by atoms with Gasteiger partial charge in [0.05, 0.1) is 19.3 Å². The van der Waals surface area contributed by atoms with Crippen LogP contribution >= 0.6 is 0 Å². The molecule has 3 rings (SSSR count). The molecule has 4 N–H and O–H groups in total. The van der Waals surface area contributed by atoms with E-state index in [1.165, 1.54) is 0 Å². The van der Waals surface area contributed by atoms with E-state index in [-0.39, 0.29) is 23.1 Å². The van der Waals surface area contributed by atoms with Crippen LogP contribution in [0.5, 0.6) is 11.5 Å². The molecule has 2 aromatic carbocycles. The second-order valence-corrected chi connectivity index (χ2v) is 9.35. The van der Waals surface area contributed by atoms with Gasteiger partial charge in [-0.3, -0.25) is 9.59 Å². The van der Waals surface area contributed by atoms with Gasteiger partial charge in [-0.25, -0.2) is 0 Å². The molecule has 194 valence electrons. The first-order valence-electron chi connectivity index (χ1n) is 12.3. The van der Waals surface area contributed by atoms with Crippen molar-refractivity contribution in [1.82, 2.24) is 5.32 Å². The smallest absolute Gasteiger partial charge is 0.253 e. The van der Waals surface area contributed by atoms with Gasteiger partial charge >= 0.3 is 0 Å². The Morgan fingerprint density at radius 2 is 1.86 bits per heavy atom. The molecule has 1 aliphatic rings. The first-order valence-corrected chi connectivity index (χ1v) is 12.3. The minimum absolute atomic E-state index is 0.0343. The first-order chi connectivity index (χ1) is 16.6. The van der Waals surface area contributed by atoms with Gasteiger partial charge in [-0.05, 0) is 47.6 Å². The third-order valence-electron chi connectivity index (χ3n) is 5.19. The molecule has 2 aromatic rings. The zero-order valence-corrected chi connectivity index (χ0v) is 22.6. The predicted octanol–water partition coefficient (Wildman–Crippen LogP) is 5.49. The summed E-state index contributed by atoms with van der Waals surface area (Å²) < 4.78 is 10.7. The quantitative estimate of drug-likeness (QED) is 0.459. The number of methoxy groups -OCH3 is 1. The van der Waals surface area contributed by atoms with Gasteiger partial charge in [0.25, 0.3) is 5.91 Å². The number of benzene rings is 2. The summed E-state index contributed by atoms with van der Waals surface area (Å²) in [6.07, 6.45) is 0.331. The highest BCUT2D eigenvalue weighted by molar-refractivity contribution is 6.03. The number of hydrogen-bond acceptors (Lipinski definition) is 5. The fraction of sp³-hybridized carbons (Fsp3) is 0.500. The zero-order chi connectivity index (χ0) is 26.6. The van der Waals surface area contributed by atoms with Crippen molar-refractivity contribution in [1.29, 1.82) is 0 Å². The number of rotatable bonds is 8. The highest BCUT2D eigenvalue weighted by Gasteiger charge is 2.22. The molecule has 0 fully saturated rings. The van der Waals surface area contributed by atoms with E-state index in [2.05, 4.69) is 31.4 Å². The summed E-state index contributed by atoms with van der Waals surface area (Å²) in [4.78, 5) is 22.5. The van der Waals surface area contributed by atoms with Gasteiger partial charge in [-0.15, -0.1) is 0 Å². The number of nitrogens with one attached hydrogen (secondary N) is 2. The molecule has 2 amide bonds. The molecule has 1 atom stereocenters. The summed E-state index contributed by atoms with van der Waals surface area (Å²) in [6, 6.07) is 11.6. The number of anilines is 1. The molecule has 0 spiro atoms. The fourth-order valence-electron chi connectivity index (χ4n) is 3.47. The molecule has 35 heavy (non-hydrogen) atoms. The van der Waals surface area contributed by atoms with Crippen molar-refractivity contribution in [3.8, 4) is 11.5 Å². The summed E-state index contributed by atoms with van der Waals surface area (Å²) in [5, 5.41) is 6.20. The van der Waals surface area contributed by atoms with Crippen molar-refractivity contribution in [2.45, 2.75) is 67.3 Å². The monoisotopic (exact) mass is 485 g/mol. The van der Waals surface area contributed by atoms with Gasteiger partial charge in [0.15, 0.2) is 11.5 Å². The maximum atomic E-state index is 11.7. The van der Waals surface area contributed by atoms with Gasteiger partial charge in [-0.2, -0.15) is 0 Å². The number of fused-ring (bicyclic) bond motifs is 1. The molecule has 7 heteroatoms. The van der Waals surface area contributed by atoms with E-state index < -0.39 is 0 Å². The second-order valence-electron chi connectivity index (χ2n) is 9.35. The van der Waals surface area contributed by atoms with E-state index >= 15 is 0 Å². The molecule has 0 saturated heterocycles. The van der Waals surface area contributed by atoms with Crippen molar-refractivity contribution in [2.24, 2.45) is 11.1 Å². The van der Waals surface area contributed by atoms with Crippen molar-refractivity contribution in [2.75, 3.05) is 25.6 Å². The van der Waals surface area contributed by atoms with Gasteiger partial charge in [0, 0.05) is 25.2 Å². The summed E-state index contributed by atoms with van der Waals surface area (Å²) in [7, 11) is 1.60. The Balaban J connectivity index is 0.000000327. The van der Waals surface area contributed by atoms with Gasteiger partial charge in [-0.1, -0.05) is 59.7 Å². The molecule has 0 aromatic heterocycles. The van der Waals surface area contributed by atoms with Gasteiger partial charge in [0.2, 0.25) is 5.91 Å². The van der Waals surface area contributed by atoms with Crippen LogP contribution in [0.3, 0.4) is 0 Å². The average Bonchev–Trinajstić information content (AvgIpc) is 3.20. The molecular weight excluding hydrogens is 442 g/mol. The number of carbonyl (C=O) groups excluding carboxylic acids is 2. The second kappa shape index (κ2) is 14.2.